The van der Waals surface area contributed by atoms with E-state index in [1.165, 1.54) is 98.8 Å². The van der Waals surface area contributed by atoms with Gasteiger partial charge in [0, 0.05) is 124 Å². The van der Waals surface area contributed by atoms with Crippen LogP contribution in [-0.2, 0) is 66.9 Å². The van der Waals surface area contributed by atoms with Crippen LogP contribution in [0.15, 0.2) is 214 Å². The monoisotopic (exact) mass is 2150 g/mol. The number of aryl methyl sites for hydroxylation is 2. The zero-order chi connectivity index (χ0) is 105. The molecule has 147 heavy (non-hydrogen) atoms. The van der Waals surface area contributed by atoms with E-state index >= 15 is 0 Å². The summed E-state index contributed by atoms with van der Waals surface area (Å²) in [5.74, 6) is 7.69. The van der Waals surface area contributed by atoms with Gasteiger partial charge in [-0.3, -0.25) is 42.5 Å². The molecule has 0 amide bonds. The summed E-state index contributed by atoms with van der Waals surface area (Å²) in [6.45, 7) is 2.72. The number of aromatic nitrogens is 18. The first-order valence-corrected chi connectivity index (χ1v) is 50.7. The van der Waals surface area contributed by atoms with Crippen LogP contribution in [0.25, 0.3) is 66.2 Å². The van der Waals surface area contributed by atoms with Gasteiger partial charge in [-0.05, 0) is 126 Å². The number of alkyl halides is 10. The highest BCUT2D eigenvalue weighted by Gasteiger charge is 2.31. The van der Waals surface area contributed by atoms with Gasteiger partial charge in [-0.1, -0.05) is 59.6 Å². The molecule has 0 spiro atoms. The van der Waals surface area contributed by atoms with Crippen molar-refractivity contribution in [3.8, 4) is 69.0 Å². The molecular formula is C98H96F10N18O15S6. The molecule has 3 unspecified atom stereocenters. The van der Waals surface area contributed by atoms with Gasteiger partial charge < -0.3 is 86.7 Å². The molecule has 12 aromatic heterocycles. The van der Waals surface area contributed by atoms with Crippen LogP contribution in [0.3, 0.4) is 0 Å². The van der Waals surface area contributed by atoms with E-state index in [0.29, 0.717) is 111 Å². The van der Waals surface area contributed by atoms with E-state index in [1.807, 2.05) is 113 Å². The lowest BCUT2D eigenvalue weighted by atomic mass is 10.1. The molecule has 0 saturated carbocycles. The topological polar surface area (TPSA) is 411 Å². The van der Waals surface area contributed by atoms with Crippen molar-refractivity contribution in [2.75, 3.05) is 70.1 Å². The zero-order valence-electron chi connectivity index (χ0n) is 80.9. The summed E-state index contributed by atoms with van der Waals surface area (Å²) in [5, 5.41) is 3.16. The number of ether oxygens (including phenoxy) is 12. The Labute approximate surface area is 853 Å². The number of hydrogen-bond donors (Lipinski definition) is 6. The van der Waals surface area contributed by atoms with E-state index in [0.717, 1.165) is 111 Å². The fourth-order valence-electron chi connectivity index (χ4n) is 14.2. The molecule has 0 bridgehead atoms. The molecule has 12 heterocycles. The van der Waals surface area contributed by atoms with Crippen LogP contribution in [0, 0.1) is 41.5 Å². The molecule has 0 aliphatic heterocycles. The van der Waals surface area contributed by atoms with E-state index in [1.54, 1.807) is 105 Å². The van der Waals surface area contributed by atoms with Crippen LogP contribution in [0.1, 0.15) is 67.5 Å². The Hall–Kier alpha value is -14.6. The third-order valence-electron chi connectivity index (χ3n) is 21.4. The molecule has 33 nitrogen and oxygen atoms in total. The molecule has 3 atom stereocenters. The molecule has 0 saturated heterocycles. The predicted molar refractivity (Wildman–Crippen MR) is 538 cm³/mol. The number of aromatic amines is 6. The van der Waals surface area contributed by atoms with Gasteiger partial charge in [0.2, 0.25) is 0 Å². The van der Waals surface area contributed by atoms with E-state index in [9.17, 15) is 56.5 Å². The largest absolute Gasteiger partial charge is 0.497 e. The van der Waals surface area contributed by atoms with Gasteiger partial charge in [0.1, 0.15) is 46.0 Å². The van der Waals surface area contributed by atoms with Crippen LogP contribution in [-0.4, -0.2) is 198 Å². The van der Waals surface area contributed by atoms with Gasteiger partial charge >= 0.3 is 25.6 Å². The van der Waals surface area contributed by atoms with Crippen molar-refractivity contribution >= 4 is 134 Å². The second-order valence-corrected chi connectivity index (χ2v) is 38.1. The summed E-state index contributed by atoms with van der Waals surface area (Å²) < 4.78 is 222. The number of rotatable bonds is 34. The number of imidazole rings is 6. The van der Waals surface area contributed by atoms with Crippen LogP contribution >= 0.6 is 35.3 Å². The maximum atomic E-state index is 12.7. The van der Waals surface area contributed by atoms with Crippen molar-refractivity contribution in [3.63, 3.8) is 0 Å². The Kier molecular flexibility index (Phi) is 38.0. The van der Waals surface area contributed by atoms with Crippen molar-refractivity contribution < 1.29 is 113 Å². The minimum absolute atomic E-state index is 0.00962. The molecule has 0 radical (unpaired) electrons. The average Bonchev–Trinajstić information content (AvgIpc) is 1.63. The molecule has 0 aliphatic rings. The van der Waals surface area contributed by atoms with Crippen molar-refractivity contribution in [2.24, 2.45) is 0 Å². The second-order valence-electron chi connectivity index (χ2n) is 31.2. The smallest absolute Gasteiger partial charge is 0.422 e. The van der Waals surface area contributed by atoms with Gasteiger partial charge in [0.05, 0.1) is 207 Å². The minimum atomic E-state index is -4.42. The number of hydrogen-bond acceptors (Lipinski definition) is 30. The molecule has 6 aromatic carbocycles. The number of methoxy groups -OCH3 is 8. The number of nitrogens with zero attached hydrogens (tertiary/aromatic N) is 12. The summed E-state index contributed by atoms with van der Waals surface area (Å²) in [6.07, 6.45) is 0.764. The lowest BCUT2D eigenvalue weighted by Gasteiger charge is -2.13. The molecule has 6 N–H and O–H groups in total. The summed E-state index contributed by atoms with van der Waals surface area (Å²) in [7, 11) is 8.27. The van der Waals surface area contributed by atoms with Crippen LogP contribution in [0.4, 0.5) is 43.9 Å². The van der Waals surface area contributed by atoms with Gasteiger partial charge in [0.15, 0.2) is 67.2 Å². The number of fused-ring (bicyclic) bond motifs is 6. The Balaban J connectivity index is 0.000000147. The summed E-state index contributed by atoms with van der Waals surface area (Å²) in [5.41, 5.74) is 17.9. The zero-order valence-corrected chi connectivity index (χ0v) is 85.8. The Morgan fingerprint density at radius 3 is 1.03 bits per heavy atom. The number of benzene rings is 6. The highest BCUT2D eigenvalue weighted by Crippen LogP contribution is 2.39. The van der Waals surface area contributed by atoms with Crippen molar-refractivity contribution in [2.45, 2.75) is 133 Å². The fourth-order valence-corrected chi connectivity index (χ4v) is 20.1. The average molecular weight is 2150 g/mol. The lowest BCUT2D eigenvalue weighted by Crippen LogP contribution is -2.19. The first-order valence-electron chi connectivity index (χ1n) is 43.8. The van der Waals surface area contributed by atoms with Crippen LogP contribution < -0.4 is 56.8 Å². The summed E-state index contributed by atoms with van der Waals surface area (Å²) in [4.78, 5) is 70.6. The van der Waals surface area contributed by atoms with Gasteiger partial charge in [-0.15, -0.1) is 0 Å². The van der Waals surface area contributed by atoms with Crippen molar-refractivity contribution in [3.05, 3.63) is 250 Å². The van der Waals surface area contributed by atoms with Gasteiger partial charge in [-0.25, -0.2) is 29.9 Å². The van der Waals surface area contributed by atoms with E-state index in [2.05, 4.69) is 99.2 Å². The van der Waals surface area contributed by atoms with Crippen LogP contribution in [0.2, 0.25) is 0 Å². The van der Waals surface area contributed by atoms with Crippen LogP contribution in [0.5, 0.6) is 69.0 Å². The molecule has 774 valence electrons. The third kappa shape index (κ3) is 29.7. The SMILES string of the molecule is COc1ccc2nc(S(=O)Cc3ncc(C)c(OC)c3C)[nH]c2c1.COc1ccc2nc(SCc3ncc(C)c(OC)c3C)[nH]c2c1.COc1ccnc(CS(=O)c2nc3ccc(OC(F)F)cc3[nH]2)c1OC.COc1ccnc(CSc2nc3ccc(OC(F)F)cc3[nH]2)c1OC.Cc1c(OCC(F)(F)F)ccnc1CS(=O)c1nc2ccccc2[nH]1.Cc1c(OCC(F)(F)F)ccnc1CSc1nc2ccccc2[nH]1. The summed E-state index contributed by atoms with van der Waals surface area (Å²) >= 11 is 4.48. The number of H-pyrrole nitrogens is 6. The van der Waals surface area contributed by atoms with Crippen molar-refractivity contribution in [1.29, 1.82) is 0 Å². The number of para-hydroxylation sites is 4. The second kappa shape index (κ2) is 51.0. The van der Waals surface area contributed by atoms with E-state index in [-0.39, 0.29) is 45.4 Å². The Morgan fingerprint density at radius 1 is 0.313 bits per heavy atom. The quantitative estimate of drug-likeness (QED) is 0.0161. The standard InChI is InChI=1S/C17H19N3O3S.C17H19N3O2S.C16H14F3N3O2S.C16H14F3N3OS.C16H15F2N3O4S.C16H15F2N3O3S/c1-10-8-18-15(11(2)16(10)23-4)9-24(21)17-19-13-6-5-12(22-3)7-14(13)20-17;1-10-8-18-15(11(2)16(10)22-4)9-23-17-19-13-6-5-12(21-3)7-14(13)20-17;1-10-13(20-7-6-14(10)24-9-16(17,18)19)8-25(23)15-21-11-4-2-3-5-12(11)22-15;1-10-13(20-7-6-14(10)23-9-16(17,18)19)8-24-15-21-11-4-2-3-5-12(11)22-15;1-23-13-5-6-19-12(14(13)24-2)8-26(22)16-20-10-4-3-9(25-15(17)18)7-11(10)21-16;1-22-13-5-6-19-12(14(13)23-2)8-25-16-20-10-4-3-9(24-15(17)18)7-11(10)21-16/h5-8H,9H2,1-4H3,(H,19,20);5-8H,9H2,1-4H3,(H,19,20);2-7H,8-9H2,1H3,(H,21,22);2-7H,8-9H2,1H3,(H,21,22);3-7,15H,8H2,1-2H3,(H,20,21);3-7,15H,8H2,1-2H3,(H,20,21). The number of pyridine rings is 6. The molecule has 0 fully saturated rings. The highest BCUT2D eigenvalue weighted by atomic mass is 32.2. The Morgan fingerprint density at radius 2 is 0.619 bits per heavy atom. The van der Waals surface area contributed by atoms with Gasteiger partial charge in [0.25, 0.3) is 0 Å². The molecule has 18 rings (SSSR count). The number of thioether (sulfide) groups is 3. The van der Waals surface area contributed by atoms with Crippen molar-refractivity contribution in [1.82, 2.24) is 89.7 Å². The van der Waals surface area contributed by atoms with E-state index in [4.69, 9.17) is 47.4 Å². The third-order valence-corrected chi connectivity index (χ3v) is 27.5. The number of halogens is 10. The molecule has 0 aliphatic carbocycles. The minimum Gasteiger partial charge on any atom is -0.497 e. The summed E-state index contributed by atoms with van der Waals surface area (Å²) in [6, 6.07) is 41.2. The predicted octanol–water partition coefficient (Wildman–Crippen LogP) is 21.6. The normalized spacial score (nSPS) is 12.0. The lowest BCUT2D eigenvalue weighted by molar-refractivity contribution is -0.154. The molecule has 18 aromatic rings. The van der Waals surface area contributed by atoms with Gasteiger partial charge in [-0.2, -0.15) is 43.9 Å². The first-order chi connectivity index (χ1) is 70.5. The first kappa shape index (κ1) is 110. The fraction of sp³-hybridized carbons (Fsp3) is 0.265. The molecular weight excluding hydrogens is 2050 g/mol. The number of nitrogens with one attached hydrogen (secondary N) is 6. The molecule has 49 heteroatoms. The maximum absolute atomic E-state index is 12.7. The van der Waals surface area contributed by atoms with E-state index < -0.39 is 71.2 Å². The Bertz CT molecular complexity index is 7580. The maximum Gasteiger partial charge on any atom is 0.422 e. The highest BCUT2D eigenvalue weighted by molar-refractivity contribution is 7.98.